The first-order chi connectivity index (χ1) is 10.6. The average molecular weight is 297 g/mol. The number of hydrogen-bond donors (Lipinski definition) is 1. The van der Waals surface area contributed by atoms with E-state index in [2.05, 4.69) is 5.32 Å². The lowest BCUT2D eigenvalue weighted by Gasteiger charge is -2.26. The van der Waals surface area contributed by atoms with E-state index in [0.717, 1.165) is 17.1 Å². The summed E-state index contributed by atoms with van der Waals surface area (Å²) in [5.41, 5.74) is 2.95. The van der Waals surface area contributed by atoms with Crippen molar-refractivity contribution < 1.29 is 14.3 Å². The number of carbonyl (C=O) groups excluding carboxylic acids is 1. The van der Waals surface area contributed by atoms with Crippen LogP contribution in [0.4, 0.5) is 0 Å². The quantitative estimate of drug-likeness (QED) is 0.947. The van der Waals surface area contributed by atoms with Crippen molar-refractivity contribution in [3.05, 3.63) is 59.2 Å². The molecule has 0 unspecified atom stereocenters. The summed E-state index contributed by atoms with van der Waals surface area (Å²) >= 11 is 0. The van der Waals surface area contributed by atoms with Crippen LogP contribution in [-0.4, -0.2) is 25.2 Å². The van der Waals surface area contributed by atoms with Crippen LogP contribution in [0.2, 0.25) is 0 Å². The molecule has 2 aromatic rings. The predicted molar refractivity (Wildman–Crippen MR) is 84.6 cm³/mol. The lowest BCUT2D eigenvalue weighted by Crippen LogP contribution is -2.40. The predicted octanol–water partition coefficient (Wildman–Crippen LogP) is 2.87. The van der Waals surface area contributed by atoms with Crippen molar-refractivity contribution in [2.75, 3.05) is 13.2 Å². The highest BCUT2D eigenvalue weighted by molar-refractivity contribution is 5.94. The van der Waals surface area contributed by atoms with Crippen LogP contribution in [0.1, 0.15) is 21.5 Å². The molecule has 2 aromatic carbocycles. The second-order valence-electron chi connectivity index (χ2n) is 5.51. The minimum absolute atomic E-state index is 0.0921. The summed E-state index contributed by atoms with van der Waals surface area (Å²) in [7, 11) is 0. The van der Waals surface area contributed by atoms with Gasteiger partial charge in [0.15, 0.2) is 11.5 Å². The van der Waals surface area contributed by atoms with Gasteiger partial charge < -0.3 is 14.8 Å². The lowest BCUT2D eigenvalue weighted by molar-refractivity contribution is 0.0789. The molecule has 1 heterocycles. The van der Waals surface area contributed by atoms with Gasteiger partial charge in [-0.25, -0.2) is 0 Å². The Morgan fingerprint density at radius 3 is 2.68 bits per heavy atom. The summed E-state index contributed by atoms with van der Waals surface area (Å²) in [6.45, 7) is 4.88. The van der Waals surface area contributed by atoms with E-state index in [1.54, 1.807) is 0 Å². The molecule has 22 heavy (non-hydrogen) atoms. The Bertz CT molecular complexity index is 696. The van der Waals surface area contributed by atoms with Crippen molar-refractivity contribution in [3.8, 4) is 11.5 Å². The first kappa shape index (κ1) is 14.4. The number of rotatable bonds is 3. The van der Waals surface area contributed by atoms with Gasteiger partial charge in [-0.2, -0.15) is 0 Å². The van der Waals surface area contributed by atoms with E-state index < -0.39 is 0 Å². The Labute approximate surface area is 130 Å². The molecular weight excluding hydrogens is 278 g/mol. The fourth-order valence-electron chi connectivity index (χ4n) is 2.35. The summed E-state index contributed by atoms with van der Waals surface area (Å²) in [5.74, 6) is 1.38. The molecule has 0 bridgehead atoms. The Balaban J connectivity index is 1.59. The summed E-state index contributed by atoms with van der Waals surface area (Å²) < 4.78 is 11.5. The monoisotopic (exact) mass is 297 g/mol. The molecule has 0 fully saturated rings. The van der Waals surface area contributed by atoms with E-state index in [1.807, 2.05) is 56.3 Å². The summed E-state index contributed by atoms with van der Waals surface area (Å²) in [6, 6.07) is 13.2. The highest BCUT2D eigenvalue weighted by atomic mass is 16.6. The van der Waals surface area contributed by atoms with Gasteiger partial charge in [0, 0.05) is 5.56 Å². The topological polar surface area (TPSA) is 47.6 Å². The second kappa shape index (κ2) is 6.10. The molecule has 1 aliphatic heterocycles. The molecule has 1 N–H and O–H groups in total. The zero-order chi connectivity index (χ0) is 15.5. The number of ether oxygens (including phenoxy) is 2. The van der Waals surface area contributed by atoms with Gasteiger partial charge in [-0.15, -0.1) is 0 Å². The maximum Gasteiger partial charge on any atom is 0.251 e. The first-order valence-electron chi connectivity index (χ1n) is 7.37. The van der Waals surface area contributed by atoms with Crippen molar-refractivity contribution in [1.82, 2.24) is 5.32 Å². The van der Waals surface area contributed by atoms with Gasteiger partial charge in [0.1, 0.15) is 12.7 Å². The third-order valence-corrected chi connectivity index (χ3v) is 3.83. The van der Waals surface area contributed by atoms with Crippen LogP contribution in [0.3, 0.4) is 0 Å². The number of fused-ring (bicyclic) bond motifs is 1. The molecular formula is C18H19NO3. The van der Waals surface area contributed by atoms with Gasteiger partial charge in [0.05, 0.1) is 6.54 Å². The summed E-state index contributed by atoms with van der Waals surface area (Å²) in [4.78, 5) is 12.2. The summed E-state index contributed by atoms with van der Waals surface area (Å²) in [6.07, 6.45) is -0.176. The van der Waals surface area contributed by atoms with Crippen LogP contribution in [0.15, 0.2) is 42.5 Å². The first-order valence-corrected chi connectivity index (χ1v) is 7.37. The van der Waals surface area contributed by atoms with Gasteiger partial charge in [-0.1, -0.05) is 18.2 Å². The van der Waals surface area contributed by atoms with Crippen LogP contribution in [-0.2, 0) is 0 Å². The number of benzene rings is 2. The highest BCUT2D eigenvalue weighted by Crippen LogP contribution is 2.30. The van der Waals surface area contributed by atoms with Crippen LogP contribution < -0.4 is 14.8 Å². The number of para-hydroxylation sites is 2. The smallest absolute Gasteiger partial charge is 0.251 e. The van der Waals surface area contributed by atoms with Gasteiger partial charge in [0.25, 0.3) is 5.91 Å². The SMILES string of the molecule is Cc1ccc(C(=O)NC[C@H]2COc3ccccc3O2)cc1C. The van der Waals surface area contributed by atoms with Gasteiger partial charge in [-0.05, 0) is 49.2 Å². The third kappa shape index (κ3) is 3.06. The maximum absolute atomic E-state index is 12.2. The standard InChI is InChI=1S/C18H19NO3/c1-12-7-8-14(9-13(12)2)18(20)19-10-15-11-21-16-5-3-4-6-17(16)22-15/h3-9,15H,10-11H2,1-2H3,(H,19,20)/t15-/m0/s1. The normalized spacial score (nSPS) is 16.2. The van der Waals surface area contributed by atoms with Gasteiger partial charge >= 0.3 is 0 Å². The number of hydrogen-bond acceptors (Lipinski definition) is 3. The second-order valence-corrected chi connectivity index (χ2v) is 5.51. The maximum atomic E-state index is 12.2. The molecule has 4 heteroatoms. The summed E-state index contributed by atoms with van der Waals surface area (Å²) in [5, 5.41) is 2.90. The number of aryl methyl sites for hydroxylation is 2. The van der Waals surface area contributed by atoms with Crippen molar-refractivity contribution in [2.45, 2.75) is 20.0 Å². The number of nitrogens with one attached hydrogen (secondary N) is 1. The third-order valence-electron chi connectivity index (χ3n) is 3.83. The fraction of sp³-hybridized carbons (Fsp3) is 0.278. The largest absolute Gasteiger partial charge is 0.486 e. The number of amides is 1. The molecule has 1 amide bonds. The minimum atomic E-state index is -0.176. The molecule has 1 aliphatic rings. The van der Waals surface area contributed by atoms with E-state index >= 15 is 0 Å². The van der Waals surface area contributed by atoms with E-state index in [4.69, 9.17) is 9.47 Å². The number of carbonyl (C=O) groups is 1. The van der Waals surface area contributed by atoms with Crippen molar-refractivity contribution >= 4 is 5.91 Å². The van der Waals surface area contributed by atoms with E-state index in [-0.39, 0.29) is 12.0 Å². The Morgan fingerprint density at radius 1 is 1.14 bits per heavy atom. The van der Waals surface area contributed by atoms with E-state index in [1.165, 1.54) is 5.56 Å². The van der Waals surface area contributed by atoms with Crippen molar-refractivity contribution in [2.24, 2.45) is 0 Å². The Kier molecular flexibility index (Phi) is 4.00. The van der Waals surface area contributed by atoms with Crippen LogP contribution in [0.5, 0.6) is 11.5 Å². The molecule has 1 atom stereocenters. The molecule has 114 valence electrons. The van der Waals surface area contributed by atoms with Crippen molar-refractivity contribution in [1.29, 1.82) is 0 Å². The minimum Gasteiger partial charge on any atom is -0.486 e. The Morgan fingerprint density at radius 2 is 1.91 bits per heavy atom. The van der Waals surface area contributed by atoms with Crippen LogP contribution >= 0.6 is 0 Å². The van der Waals surface area contributed by atoms with E-state index in [0.29, 0.717) is 18.7 Å². The molecule has 0 spiro atoms. The van der Waals surface area contributed by atoms with Gasteiger partial charge in [-0.3, -0.25) is 4.79 Å². The average Bonchev–Trinajstić information content (AvgIpc) is 2.55. The van der Waals surface area contributed by atoms with Gasteiger partial charge in [0.2, 0.25) is 0 Å². The lowest BCUT2D eigenvalue weighted by atomic mass is 10.1. The molecule has 0 saturated carbocycles. The molecule has 0 aromatic heterocycles. The van der Waals surface area contributed by atoms with Crippen LogP contribution in [0, 0.1) is 13.8 Å². The van der Waals surface area contributed by atoms with Crippen LogP contribution in [0.25, 0.3) is 0 Å². The van der Waals surface area contributed by atoms with E-state index in [9.17, 15) is 4.79 Å². The zero-order valence-electron chi connectivity index (χ0n) is 12.8. The molecule has 3 rings (SSSR count). The molecule has 0 aliphatic carbocycles. The van der Waals surface area contributed by atoms with Crippen molar-refractivity contribution in [3.63, 3.8) is 0 Å². The zero-order valence-corrected chi connectivity index (χ0v) is 12.8. The highest BCUT2D eigenvalue weighted by Gasteiger charge is 2.21. The fourth-order valence-corrected chi connectivity index (χ4v) is 2.35. The molecule has 0 saturated heterocycles. The molecule has 0 radical (unpaired) electrons. The Hall–Kier alpha value is -2.49. The molecule has 4 nitrogen and oxygen atoms in total.